The van der Waals surface area contributed by atoms with Gasteiger partial charge in [0.1, 0.15) is 15.8 Å². The average molecular weight is 422 g/mol. The maximum atomic E-state index is 12.7. The van der Waals surface area contributed by atoms with Gasteiger partial charge in [-0.2, -0.15) is 0 Å². The lowest BCUT2D eigenvalue weighted by atomic mass is 10.2. The molecular formula is C22H18N2O5S. The van der Waals surface area contributed by atoms with E-state index in [-0.39, 0.29) is 29.1 Å². The van der Waals surface area contributed by atoms with E-state index in [4.69, 9.17) is 9.15 Å². The number of para-hydroxylation sites is 2. The summed E-state index contributed by atoms with van der Waals surface area (Å²) in [5.41, 5.74) is 0.684. The van der Waals surface area contributed by atoms with Crippen LogP contribution in [0.25, 0.3) is 21.1 Å². The fourth-order valence-electron chi connectivity index (χ4n) is 3.09. The van der Waals surface area contributed by atoms with Gasteiger partial charge < -0.3 is 19.8 Å². The van der Waals surface area contributed by atoms with Crippen molar-refractivity contribution in [3.63, 3.8) is 0 Å². The van der Waals surface area contributed by atoms with Crippen molar-refractivity contribution < 1.29 is 18.7 Å². The molecular weight excluding hydrogens is 404 g/mol. The third-order valence-corrected chi connectivity index (χ3v) is 5.60. The van der Waals surface area contributed by atoms with Crippen molar-refractivity contribution in [2.24, 2.45) is 0 Å². The molecule has 30 heavy (non-hydrogen) atoms. The molecule has 0 aliphatic rings. The van der Waals surface area contributed by atoms with Crippen LogP contribution in [0.4, 0.5) is 11.4 Å². The summed E-state index contributed by atoms with van der Waals surface area (Å²) >= 11 is 1.10. The molecule has 7 nitrogen and oxygen atoms in total. The predicted octanol–water partition coefficient (Wildman–Crippen LogP) is 4.24. The molecule has 0 atom stereocenters. The number of benzene rings is 2. The Morgan fingerprint density at radius 1 is 1.07 bits per heavy atom. The Bertz CT molecular complexity index is 1290. The molecule has 8 heteroatoms. The van der Waals surface area contributed by atoms with E-state index >= 15 is 0 Å². The van der Waals surface area contributed by atoms with E-state index < -0.39 is 17.5 Å². The predicted molar refractivity (Wildman–Crippen MR) is 117 cm³/mol. The maximum absolute atomic E-state index is 12.7. The molecule has 0 unspecified atom stereocenters. The Balaban J connectivity index is 1.75. The summed E-state index contributed by atoms with van der Waals surface area (Å²) < 4.78 is 11.1. The van der Waals surface area contributed by atoms with E-state index in [1.165, 1.54) is 0 Å². The summed E-state index contributed by atoms with van der Waals surface area (Å²) in [5.74, 6) is -1.01. The SMILES string of the molecule is CCOC(=O)c1sc2c(c1NC(=O)CNc1ccccc1)c(=O)oc1ccccc12. The second kappa shape index (κ2) is 8.38. The normalized spacial score (nSPS) is 10.8. The number of ether oxygens (including phenoxy) is 1. The number of thiophene rings is 1. The van der Waals surface area contributed by atoms with Crippen molar-refractivity contribution in [1.29, 1.82) is 0 Å². The molecule has 0 spiro atoms. The van der Waals surface area contributed by atoms with Crippen LogP contribution in [0.5, 0.6) is 0 Å². The van der Waals surface area contributed by atoms with E-state index in [9.17, 15) is 14.4 Å². The lowest BCUT2D eigenvalue weighted by Crippen LogP contribution is -2.23. The molecule has 2 N–H and O–H groups in total. The van der Waals surface area contributed by atoms with Crippen LogP contribution in [0.3, 0.4) is 0 Å². The number of esters is 1. The zero-order chi connectivity index (χ0) is 21.1. The zero-order valence-electron chi connectivity index (χ0n) is 16.1. The third-order valence-electron chi connectivity index (χ3n) is 4.40. The molecule has 4 aromatic rings. The monoisotopic (exact) mass is 422 g/mol. The van der Waals surface area contributed by atoms with Gasteiger partial charge in [-0.25, -0.2) is 9.59 Å². The van der Waals surface area contributed by atoms with E-state index in [1.54, 1.807) is 25.1 Å². The minimum atomic E-state index is -0.623. The maximum Gasteiger partial charge on any atom is 0.350 e. The first kappa shape index (κ1) is 19.7. The molecule has 4 rings (SSSR count). The molecule has 0 saturated heterocycles. The highest BCUT2D eigenvalue weighted by molar-refractivity contribution is 7.22. The Morgan fingerprint density at radius 2 is 1.80 bits per heavy atom. The van der Waals surface area contributed by atoms with Crippen LogP contribution in [0.1, 0.15) is 16.6 Å². The number of fused-ring (bicyclic) bond motifs is 3. The molecule has 1 amide bonds. The molecule has 2 heterocycles. The molecule has 0 radical (unpaired) electrons. The first-order chi connectivity index (χ1) is 14.6. The summed E-state index contributed by atoms with van der Waals surface area (Å²) in [6.07, 6.45) is 0. The topological polar surface area (TPSA) is 97.6 Å². The van der Waals surface area contributed by atoms with Crippen LogP contribution in [-0.2, 0) is 9.53 Å². The molecule has 0 aliphatic carbocycles. The summed E-state index contributed by atoms with van der Waals surface area (Å²) in [6, 6.07) is 16.3. The van der Waals surface area contributed by atoms with E-state index in [0.717, 1.165) is 17.0 Å². The summed E-state index contributed by atoms with van der Waals surface area (Å²) in [4.78, 5) is 38.0. The van der Waals surface area contributed by atoms with Crippen LogP contribution < -0.4 is 16.3 Å². The lowest BCUT2D eigenvalue weighted by molar-refractivity contribution is -0.114. The number of amides is 1. The Labute approximate surface area is 175 Å². The van der Waals surface area contributed by atoms with Gasteiger partial charge in [0.25, 0.3) is 0 Å². The smallest absolute Gasteiger partial charge is 0.350 e. The van der Waals surface area contributed by atoms with Crippen LogP contribution in [0.2, 0.25) is 0 Å². The fraction of sp³-hybridized carbons (Fsp3) is 0.136. The first-order valence-corrected chi connectivity index (χ1v) is 10.1. The highest BCUT2D eigenvalue weighted by Gasteiger charge is 2.25. The van der Waals surface area contributed by atoms with Crippen molar-refractivity contribution >= 4 is 55.6 Å². The number of carbonyl (C=O) groups excluding carboxylic acids is 2. The number of hydrogen-bond acceptors (Lipinski definition) is 7. The quantitative estimate of drug-likeness (QED) is 0.356. The number of nitrogens with one attached hydrogen (secondary N) is 2. The molecule has 152 valence electrons. The standard InChI is InChI=1S/C22H18N2O5S/c1-2-28-22(27)20-18(24-16(25)12-23-13-8-4-3-5-9-13)17-19(30-20)14-10-6-7-11-15(14)29-21(17)26/h3-11,23H,2,12H2,1H3,(H,24,25). The average Bonchev–Trinajstić information content (AvgIpc) is 3.13. The highest BCUT2D eigenvalue weighted by atomic mass is 32.1. The Hall–Kier alpha value is -3.65. The van der Waals surface area contributed by atoms with Crippen LogP contribution in [0.15, 0.2) is 63.8 Å². The van der Waals surface area contributed by atoms with Crippen molar-refractivity contribution in [1.82, 2.24) is 0 Å². The van der Waals surface area contributed by atoms with Gasteiger partial charge in [0.2, 0.25) is 5.91 Å². The summed E-state index contributed by atoms with van der Waals surface area (Å²) in [7, 11) is 0. The number of hydrogen-bond donors (Lipinski definition) is 2. The Morgan fingerprint density at radius 3 is 2.57 bits per heavy atom. The number of anilines is 2. The largest absolute Gasteiger partial charge is 0.462 e. The first-order valence-electron chi connectivity index (χ1n) is 9.32. The zero-order valence-corrected chi connectivity index (χ0v) is 16.9. The van der Waals surface area contributed by atoms with E-state index in [1.807, 2.05) is 36.4 Å². The van der Waals surface area contributed by atoms with Crippen LogP contribution in [0, 0.1) is 0 Å². The molecule has 2 aromatic heterocycles. The van der Waals surface area contributed by atoms with Crippen molar-refractivity contribution in [3.05, 3.63) is 69.9 Å². The van der Waals surface area contributed by atoms with Gasteiger partial charge in [0.15, 0.2) is 0 Å². The van der Waals surface area contributed by atoms with Crippen molar-refractivity contribution in [2.45, 2.75) is 6.92 Å². The van der Waals surface area contributed by atoms with Crippen molar-refractivity contribution in [3.8, 4) is 0 Å². The molecule has 0 fully saturated rings. The third kappa shape index (κ3) is 3.77. The van der Waals surface area contributed by atoms with Crippen molar-refractivity contribution in [2.75, 3.05) is 23.8 Å². The van der Waals surface area contributed by atoms with Gasteiger partial charge in [-0.1, -0.05) is 30.3 Å². The summed E-state index contributed by atoms with van der Waals surface area (Å²) in [5, 5.41) is 6.54. The van der Waals surface area contributed by atoms with Gasteiger partial charge in [-0.15, -0.1) is 11.3 Å². The minimum absolute atomic E-state index is 0.0392. The number of rotatable bonds is 6. The minimum Gasteiger partial charge on any atom is -0.462 e. The molecule has 0 aliphatic heterocycles. The fourth-order valence-corrected chi connectivity index (χ4v) is 4.26. The van der Waals surface area contributed by atoms with Gasteiger partial charge in [0.05, 0.1) is 23.5 Å². The molecule has 0 bridgehead atoms. The Kier molecular flexibility index (Phi) is 5.49. The van der Waals surface area contributed by atoms with Gasteiger partial charge in [-0.05, 0) is 31.2 Å². The van der Waals surface area contributed by atoms with Crippen LogP contribution >= 0.6 is 11.3 Å². The van der Waals surface area contributed by atoms with Gasteiger partial charge >= 0.3 is 11.6 Å². The summed E-state index contributed by atoms with van der Waals surface area (Å²) in [6.45, 7) is 1.82. The van der Waals surface area contributed by atoms with E-state index in [2.05, 4.69) is 10.6 Å². The second-order valence-electron chi connectivity index (χ2n) is 6.38. The van der Waals surface area contributed by atoms with Gasteiger partial charge in [0, 0.05) is 11.1 Å². The van der Waals surface area contributed by atoms with Gasteiger partial charge in [-0.3, -0.25) is 4.79 Å². The lowest BCUT2D eigenvalue weighted by Gasteiger charge is -2.09. The molecule has 2 aromatic carbocycles. The van der Waals surface area contributed by atoms with E-state index in [0.29, 0.717) is 15.7 Å². The highest BCUT2D eigenvalue weighted by Crippen LogP contribution is 2.38. The number of carbonyl (C=O) groups is 2. The second-order valence-corrected chi connectivity index (χ2v) is 7.40. The molecule has 0 saturated carbocycles. The van der Waals surface area contributed by atoms with Crippen LogP contribution in [-0.4, -0.2) is 25.0 Å².